The van der Waals surface area contributed by atoms with Gasteiger partial charge in [-0.15, -0.1) is 0 Å². The van der Waals surface area contributed by atoms with Crippen molar-refractivity contribution in [3.63, 3.8) is 0 Å². The number of ether oxygens (including phenoxy) is 1. The molecule has 0 spiro atoms. The van der Waals surface area contributed by atoms with Gasteiger partial charge in [0, 0.05) is 11.1 Å². The number of hydrogen-bond donors (Lipinski definition) is 0. The molecule has 3 aromatic rings. The predicted octanol–water partition coefficient (Wildman–Crippen LogP) is 11.6. The van der Waals surface area contributed by atoms with E-state index in [1.54, 1.807) is 18.2 Å². The van der Waals surface area contributed by atoms with Gasteiger partial charge in [-0.2, -0.15) is 4.39 Å². The van der Waals surface area contributed by atoms with Crippen molar-refractivity contribution in [1.29, 1.82) is 0 Å². The van der Waals surface area contributed by atoms with Gasteiger partial charge >= 0.3 is 0 Å². The summed E-state index contributed by atoms with van der Waals surface area (Å²) in [5.41, 5.74) is 4.08. The maximum absolute atomic E-state index is 15.4. The highest BCUT2D eigenvalue weighted by Gasteiger charge is 2.29. The molecule has 0 radical (unpaired) electrons. The van der Waals surface area contributed by atoms with Crippen LogP contribution in [-0.4, -0.2) is 6.61 Å². The van der Waals surface area contributed by atoms with E-state index in [0.717, 1.165) is 53.7 Å². The summed E-state index contributed by atoms with van der Waals surface area (Å²) in [6.45, 7) is 5.89. The Kier molecular flexibility index (Phi) is 10.3. The summed E-state index contributed by atoms with van der Waals surface area (Å²) < 4.78 is 49.7. The van der Waals surface area contributed by atoms with E-state index in [9.17, 15) is 8.78 Å². The molecule has 5 rings (SSSR count). The molecule has 1 fully saturated rings. The molecule has 1 unspecified atom stereocenters. The minimum absolute atomic E-state index is 0.0949. The predicted molar refractivity (Wildman–Crippen MR) is 168 cm³/mol. The van der Waals surface area contributed by atoms with E-state index < -0.39 is 11.6 Å². The van der Waals surface area contributed by atoms with E-state index in [4.69, 9.17) is 4.74 Å². The van der Waals surface area contributed by atoms with Crippen LogP contribution in [0, 0.1) is 35.2 Å². The van der Waals surface area contributed by atoms with Gasteiger partial charge in [0.1, 0.15) is 12.4 Å². The molecule has 0 heterocycles. The molecule has 42 heavy (non-hydrogen) atoms. The number of unbranched alkanes of at least 4 members (excludes halogenated alkanes) is 2. The van der Waals surface area contributed by atoms with Gasteiger partial charge in [0.2, 0.25) is 5.82 Å². The zero-order chi connectivity index (χ0) is 29.5. The molecule has 0 N–H and O–H groups in total. The van der Waals surface area contributed by atoms with Gasteiger partial charge in [-0.3, -0.25) is 0 Å². The van der Waals surface area contributed by atoms with Crippen LogP contribution < -0.4 is 4.74 Å². The second kappa shape index (κ2) is 14.3. The van der Waals surface area contributed by atoms with Crippen molar-refractivity contribution in [3.8, 4) is 28.0 Å². The summed E-state index contributed by atoms with van der Waals surface area (Å²) in [5.74, 6) is 0.158. The van der Waals surface area contributed by atoms with E-state index >= 15 is 4.39 Å². The first-order valence-corrected chi connectivity index (χ1v) is 15.8. The molecule has 0 aliphatic heterocycles. The number of benzene rings is 3. The molecule has 2 aliphatic rings. The van der Waals surface area contributed by atoms with Gasteiger partial charge in [0.05, 0.1) is 0 Å². The standard InChI is InChI=1S/C38H43F3O/c1-3-5-6-7-26-8-10-27(11-9-26)28-12-16-30(17-13-28)33-21-20-32(25-35(33)39)29-14-18-31(19-15-29)34-22-23-36(42-24-4-2)38(41)37(34)40/h4,14-16,18-23,25-28H,2-3,5-13,17,24H2,1H3. The van der Waals surface area contributed by atoms with Crippen LogP contribution in [0.5, 0.6) is 5.75 Å². The van der Waals surface area contributed by atoms with Gasteiger partial charge in [0.15, 0.2) is 11.6 Å². The Morgan fingerprint density at radius 1 is 0.786 bits per heavy atom. The van der Waals surface area contributed by atoms with E-state index in [2.05, 4.69) is 19.6 Å². The van der Waals surface area contributed by atoms with Crippen molar-refractivity contribution in [1.82, 2.24) is 0 Å². The molecular formula is C38H43F3O. The summed E-state index contributed by atoms with van der Waals surface area (Å²) in [6.07, 6.45) is 17.9. The maximum atomic E-state index is 15.4. The third-order valence-corrected chi connectivity index (χ3v) is 9.47. The third-order valence-electron chi connectivity index (χ3n) is 9.47. The van der Waals surface area contributed by atoms with Crippen molar-refractivity contribution in [2.75, 3.05) is 6.61 Å². The summed E-state index contributed by atoms with van der Waals surface area (Å²) in [6, 6.07) is 15.4. The summed E-state index contributed by atoms with van der Waals surface area (Å²) in [7, 11) is 0. The highest BCUT2D eigenvalue weighted by molar-refractivity contribution is 5.74. The minimum atomic E-state index is -1.02. The van der Waals surface area contributed by atoms with E-state index in [1.165, 1.54) is 69.6 Å². The monoisotopic (exact) mass is 572 g/mol. The van der Waals surface area contributed by atoms with Crippen molar-refractivity contribution >= 4 is 5.57 Å². The first-order chi connectivity index (χ1) is 20.5. The molecule has 1 nitrogen and oxygen atoms in total. The highest BCUT2D eigenvalue weighted by Crippen LogP contribution is 2.43. The Balaban J connectivity index is 1.21. The van der Waals surface area contributed by atoms with Crippen molar-refractivity contribution in [3.05, 3.63) is 96.3 Å². The largest absolute Gasteiger partial charge is 0.486 e. The molecule has 1 saturated carbocycles. The smallest absolute Gasteiger partial charge is 0.201 e. The highest BCUT2D eigenvalue weighted by atomic mass is 19.2. The molecule has 3 aromatic carbocycles. The Hall–Kier alpha value is -3.27. The Morgan fingerprint density at radius 2 is 1.50 bits per heavy atom. The van der Waals surface area contributed by atoms with Crippen LogP contribution in [0.15, 0.2) is 73.3 Å². The van der Waals surface area contributed by atoms with Crippen LogP contribution in [0.2, 0.25) is 0 Å². The molecular weight excluding hydrogens is 529 g/mol. The minimum Gasteiger partial charge on any atom is -0.486 e. The topological polar surface area (TPSA) is 9.23 Å². The summed E-state index contributed by atoms with van der Waals surface area (Å²) >= 11 is 0. The van der Waals surface area contributed by atoms with Crippen molar-refractivity contribution < 1.29 is 17.9 Å². The lowest BCUT2D eigenvalue weighted by molar-refractivity contribution is 0.187. The van der Waals surface area contributed by atoms with Crippen LogP contribution in [0.4, 0.5) is 13.2 Å². The van der Waals surface area contributed by atoms with Gasteiger partial charge in [-0.1, -0.05) is 101 Å². The maximum Gasteiger partial charge on any atom is 0.201 e. The van der Waals surface area contributed by atoms with Gasteiger partial charge in [0.25, 0.3) is 0 Å². The Labute approximate surface area is 249 Å². The zero-order valence-electron chi connectivity index (χ0n) is 24.8. The zero-order valence-corrected chi connectivity index (χ0v) is 24.8. The molecule has 2 aliphatic carbocycles. The normalized spacial score (nSPS) is 20.7. The molecule has 4 heteroatoms. The molecule has 0 saturated heterocycles. The van der Waals surface area contributed by atoms with Crippen LogP contribution in [0.25, 0.3) is 27.8 Å². The van der Waals surface area contributed by atoms with Crippen LogP contribution in [0.3, 0.4) is 0 Å². The lowest BCUT2D eigenvalue weighted by atomic mass is 9.70. The van der Waals surface area contributed by atoms with Gasteiger partial charge in [-0.25, -0.2) is 8.78 Å². The lowest BCUT2D eigenvalue weighted by Crippen LogP contribution is -2.23. The summed E-state index contributed by atoms with van der Waals surface area (Å²) in [4.78, 5) is 0. The van der Waals surface area contributed by atoms with Gasteiger partial charge < -0.3 is 4.74 Å². The Bertz CT molecular complexity index is 1380. The SMILES string of the molecule is C=CCOc1ccc(-c2ccc(-c3ccc(C4=CCC(C5CCC(CCCCC)CC5)CC4)c(F)c3)cc2)c(F)c1F. The fraction of sp³-hybridized carbons (Fsp3) is 0.421. The molecule has 0 bridgehead atoms. The second-order valence-corrected chi connectivity index (χ2v) is 12.2. The molecule has 222 valence electrons. The quantitative estimate of drug-likeness (QED) is 0.164. The number of allylic oxidation sites excluding steroid dienone is 2. The fourth-order valence-electron chi connectivity index (χ4n) is 6.97. The average molecular weight is 573 g/mol. The first kappa shape index (κ1) is 30.2. The average Bonchev–Trinajstić information content (AvgIpc) is 3.02. The van der Waals surface area contributed by atoms with E-state index in [0.29, 0.717) is 11.1 Å². The lowest BCUT2D eigenvalue weighted by Gasteiger charge is -2.35. The van der Waals surface area contributed by atoms with E-state index in [-0.39, 0.29) is 23.7 Å². The third kappa shape index (κ3) is 7.02. The first-order valence-electron chi connectivity index (χ1n) is 15.8. The second-order valence-electron chi connectivity index (χ2n) is 12.2. The molecule has 0 aromatic heterocycles. The number of rotatable bonds is 11. The van der Waals surface area contributed by atoms with Crippen LogP contribution in [-0.2, 0) is 0 Å². The number of halogens is 3. The summed E-state index contributed by atoms with van der Waals surface area (Å²) in [5, 5.41) is 0. The van der Waals surface area contributed by atoms with Crippen LogP contribution >= 0.6 is 0 Å². The van der Waals surface area contributed by atoms with E-state index in [1.807, 2.05) is 24.3 Å². The van der Waals surface area contributed by atoms with Crippen LogP contribution in [0.1, 0.15) is 83.1 Å². The fourth-order valence-corrected chi connectivity index (χ4v) is 6.97. The molecule has 1 atom stereocenters. The van der Waals surface area contributed by atoms with Crippen molar-refractivity contribution in [2.24, 2.45) is 17.8 Å². The van der Waals surface area contributed by atoms with Gasteiger partial charge in [-0.05, 0) is 90.3 Å². The number of hydrogen-bond acceptors (Lipinski definition) is 1. The Morgan fingerprint density at radius 3 is 2.17 bits per heavy atom. The molecule has 0 amide bonds. The van der Waals surface area contributed by atoms with Crippen molar-refractivity contribution in [2.45, 2.75) is 77.6 Å².